The highest BCUT2D eigenvalue weighted by Gasteiger charge is 2.19. The maximum atomic E-state index is 12.1. The Kier molecular flexibility index (Phi) is 5.80. The number of rotatable bonds is 6. The fraction of sp³-hybridized carbons (Fsp3) is 0.500. The average Bonchev–Trinajstić information content (AvgIpc) is 2.70. The van der Waals surface area contributed by atoms with Crippen molar-refractivity contribution in [2.45, 2.75) is 0 Å². The van der Waals surface area contributed by atoms with E-state index < -0.39 is 11.2 Å². The molecule has 0 spiro atoms. The zero-order valence-corrected chi connectivity index (χ0v) is 16.0. The summed E-state index contributed by atoms with van der Waals surface area (Å²) in [5, 5.41) is 7.06. The van der Waals surface area contributed by atoms with Crippen LogP contribution >= 0.6 is 0 Å². The van der Waals surface area contributed by atoms with E-state index in [-0.39, 0.29) is 5.82 Å². The number of para-hydroxylation sites is 2. The molecular formula is C18H26N6O3. The second-order valence-corrected chi connectivity index (χ2v) is 6.55. The standard InChI is InChI=1S/C18H26N6O3/c1-21-17(25)16(20-22(2)18(21)26)19-8-9-23-10-12-24(13-11-23)14-6-4-5-7-15(14)27-3/h4-7H,8-13H2,1-3H3,(H,19,20). The largest absolute Gasteiger partial charge is 0.495 e. The van der Waals surface area contributed by atoms with Crippen molar-refractivity contribution in [2.24, 2.45) is 14.1 Å². The Morgan fingerprint density at radius 1 is 1.11 bits per heavy atom. The molecular weight excluding hydrogens is 348 g/mol. The van der Waals surface area contributed by atoms with Crippen molar-refractivity contribution in [3.05, 3.63) is 45.1 Å². The summed E-state index contributed by atoms with van der Waals surface area (Å²) in [6.07, 6.45) is 0. The van der Waals surface area contributed by atoms with Crippen LogP contribution in [0.3, 0.4) is 0 Å². The first-order valence-electron chi connectivity index (χ1n) is 9.00. The van der Waals surface area contributed by atoms with Gasteiger partial charge in [0.25, 0.3) is 5.56 Å². The molecule has 0 aliphatic carbocycles. The number of hydrogen-bond acceptors (Lipinski definition) is 7. The highest BCUT2D eigenvalue weighted by Crippen LogP contribution is 2.28. The first-order chi connectivity index (χ1) is 13.0. The fourth-order valence-electron chi connectivity index (χ4n) is 3.25. The smallest absolute Gasteiger partial charge is 0.346 e. The monoisotopic (exact) mass is 374 g/mol. The third-order valence-corrected chi connectivity index (χ3v) is 4.84. The van der Waals surface area contributed by atoms with E-state index in [1.54, 1.807) is 7.11 Å². The van der Waals surface area contributed by atoms with Gasteiger partial charge in [-0.3, -0.25) is 14.3 Å². The maximum Gasteiger partial charge on any atom is 0.346 e. The molecule has 0 saturated carbocycles. The van der Waals surface area contributed by atoms with E-state index in [1.807, 2.05) is 18.2 Å². The van der Waals surface area contributed by atoms with E-state index in [0.29, 0.717) is 6.54 Å². The Labute approximate surface area is 157 Å². The molecule has 9 heteroatoms. The van der Waals surface area contributed by atoms with E-state index in [9.17, 15) is 9.59 Å². The molecule has 0 atom stereocenters. The summed E-state index contributed by atoms with van der Waals surface area (Å²) in [7, 11) is 4.68. The molecule has 0 unspecified atom stereocenters. The van der Waals surface area contributed by atoms with Gasteiger partial charge in [-0.15, -0.1) is 5.10 Å². The predicted octanol–water partition coefficient (Wildman–Crippen LogP) is -0.278. The third-order valence-electron chi connectivity index (χ3n) is 4.84. The molecule has 0 radical (unpaired) electrons. The molecule has 1 aromatic heterocycles. The van der Waals surface area contributed by atoms with Crippen LogP contribution < -0.4 is 26.2 Å². The van der Waals surface area contributed by atoms with E-state index in [0.717, 1.165) is 53.4 Å². The van der Waals surface area contributed by atoms with Gasteiger partial charge in [0.1, 0.15) is 5.75 Å². The number of methoxy groups -OCH3 is 1. The van der Waals surface area contributed by atoms with Crippen LogP contribution in [0.2, 0.25) is 0 Å². The van der Waals surface area contributed by atoms with Crippen molar-refractivity contribution in [3.63, 3.8) is 0 Å². The van der Waals surface area contributed by atoms with Gasteiger partial charge in [0.15, 0.2) is 0 Å². The zero-order valence-electron chi connectivity index (χ0n) is 16.0. The number of benzene rings is 1. The minimum Gasteiger partial charge on any atom is -0.495 e. The van der Waals surface area contributed by atoms with Crippen LogP contribution in [-0.4, -0.2) is 65.6 Å². The van der Waals surface area contributed by atoms with Crippen molar-refractivity contribution >= 4 is 11.5 Å². The zero-order chi connectivity index (χ0) is 19.4. The molecule has 1 saturated heterocycles. The number of aryl methyl sites for hydroxylation is 1. The van der Waals surface area contributed by atoms with Gasteiger partial charge in [0, 0.05) is 53.4 Å². The van der Waals surface area contributed by atoms with E-state index in [4.69, 9.17) is 4.74 Å². The van der Waals surface area contributed by atoms with Gasteiger partial charge in [-0.1, -0.05) is 12.1 Å². The van der Waals surface area contributed by atoms with Crippen molar-refractivity contribution in [3.8, 4) is 5.75 Å². The van der Waals surface area contributed by atoms with Crippen molar-refractivity contribution in [1.29, 1.82) is 0 Å². The maximum absolute atomic E-state index is 12.1. The van der Waals surface area contributed by atoms with Gasteiger partial charge in [0.2, 0.25) is 5.82 Å². The Morgan fingerprint density at radius 2 is 1.81 bits per heavy atom. The van der Waals surface area contributed by atoms with Crippen LogP contribution in [0, 0.1) is 0 Å². The number of anilines is 2. The van der Waals surface area contributed by atoms with Crippen molar-refractivity contribution < 1.29 is 4.74 Å². The first kappa shape index (κ1) is 19.0. The van der Waals surface area contributed by atoms with Crippen LogP contribution in [0.15, 0.2) is 33.9 Å². The molecule has 27 heavy (non-hydrogen) atoms. The quantitative estimate of drug-likeness (QED) is 0.745. The van der Waals surface area contributed by atoms with E-state index in [2.05, 4.69) is 26.3 Å². The predicted molar refractivity (Wildman–Crippen MR) is 105 cm³/mol. The summed E-state index contributed by atoms with van der Waals surface area (Å²) in [6, 6.07) is 8.06. The van der Waals surface area contributed by atoms with Crippen molar-refractivity contribution in [1.82, 2.24) is 19.2 Å². The number of piperazine rings is 1. The minimum atomic E-state index is -0.432. The Bertz CT molecular complexity index is 899. The summed E-state index contributed by atoms with van der Waals surface area (Å²) < 4.78 is 7.67. The first-order valence-corrected chi connectivity index (χ1v) is 9.00. The molecule has 2 aromatic rings. The SMILES string of the molecule is COc1ccccc1N1CCN(CCNc2nn(C)c(=O)n(C)c2=O)CC1. The lowest BCUT2D eigenvalue weighted by atomic mass is 10.2. The summed E-state index contributed by atoms with van der Waals surface area (Å²) in [5.41, 5.74) is 0.285. The lowest BCUT2D eigenvalue weighted by Crippen LogP contribution is -2.48. The number of aromatic nitrogens is 3. The Morgan fingerprint density at radius 3 is 2.52 bits per heavy atom. The van der Waals surface area contributed by atoms with Gasteiger partial charge >= 0.3 is 5.69 Å². The molecule has 1 N–H and O–H groups in total. The number of nitrogens with zero attached hydrogens (tertiary/aromatic N) is 5. The molecule has 1 aliphatic rings. The summed E-state index contributed by atoms with van der Waals surface area (Å²) in [5.74, 6) is 1.09. The van der Waals surface area contributed by atoms with Gasteiger partial charge < -0.3 is 15.0 Å². The molecule has 9 nitrogen and oxygen atoms in total. The molecule has 2 heterocycles. The normalized spacial score (nSPS) is 15.0. The van der Waals surface area contributed by atoms with Crippen LogP contribution in [-0.2, 0) is 14.1 Å². The second kappa shape index (κ2) is 8.26. The molecule has 0 bridgehead atoms. The lowest BCUT2D eigenvalue weighted by molar-refractivity contribution is 0.266. The van der Waals surface area contributed by atoms with E-state index >= 15 is 0 Å². The Balaban J connectivity index is 1.52. The summed E-state index contributed by atoms with van der Waals surface area (Å²) in [6.45, 7) is 5.08. The third kappa shape index (κ3) is 4.13. The van der Waals surface area contributed by atoms with Crippen LogP contribution in [0.4, 0.5) is 11.5 Å². The molecule has 3 rings (SSSR count). The molecule has 1 aromatic carbocycles. The highest BCUT2D eigenvalue weighted by molar-refractivity contribution is 5.58. The van der Waals surface area contributed by atoms with Crippen LogP contribution in [0.25, 0.3) is 0 Å². The average molecular weight is 374 g/mol. The minimum absolute atomic E-state index is 0.201. The Hall–Kier alpha value is -2.81. The summed E-state index contributed by atoms with van der Waals surface area (Å²) in [4.78, 5) is 28.4. The summed E-state index contributed by atoms with van der Waals surface area (Å²) >= 11 is 0. The van der Waals surface area contributed by atoms with Gasteiger partial charge in [-0.25, -0.2) is 9.48 Å². The molecule has 1 fully saturated rings. The molecule has 1 aliphatic heterocycles. The highest BCUT2D eigenvalue weighted by atomic mass is 16.5. The number of hydrogen-bond donors (Lipinski definition) is 1. The fourth-order valence-corrected chi connectivity index (χ4v) is 3.25. The van der Waals surface area contributed by atoms with E-state index in [1.165, 1.54) is 14.1 Å². The van der Waals surface area contributed by atoms with Crippen molar-refractivity contribution in [2.75, 3.05) is 56.6 Å². The lowest BCUT2D eigenvalue weighted by Gasteiger charge is -2.36. The van der Waals surface area contributed by atoms with Crippen LogP contribution in [0.1, 0.15) is 0 Å². The van der Waals surface area contributed by atoms with Gasteiger partial charge in [-0.05, 0) is 12.1 Å². The number of nitrogens with one attached hydrogen (secondary N) is 1. The molecule has 146 valence electrons. The van der Waals surface area contributed by atoms with Gasteiger partial charge in [-0.2, -0.15) is 0 Å². The van der Waals surface area contributed by atoms with Gasteiger partial charge in [0.05, 0.1) is 12.8 Å². The van der Waals surface area contributed by atoms with Crippen LogP contribution in [0.5, 0.6) is 5.75 Å². The molecule has 0 amide bonds. The second-order valence-electron chi connectivity index (χ2n) is 6.55. The number of ether oxygens (including phenoxy) is 1. The topological polar surface area (TPSA) is 84.6 Å².